The van der Waals surface area contributed by atoms with Gasteiger partial charge in [0.05, 0.1) is 11.8 Å². The molecule has 1 aliphatic rings. The molecule has 0 radical (unpaired) electrons. The Balaban J connectivity index is 1.65. The van der Waals surface area contributed by atoms with Crippen LogP contribution in [0, 0.1) is 5.92 Å². The molecule has 6 nitrogen and oxygen atoms in total. The fourth-order valence-corrected chi connectivity index (χ4v) is 3.54. The van der Waals surface area contributed by atoms with Gasteiger partial charge in [0, 0.05) is 12.1 Å². The van der Waals surface area contributed by atoms with Crippen LogP contribution in [0.3, 0.4) is 0 Å². The number of nitrogens with zero attached hydrogens (tertiary/aromatic N) is 1. The molecule has 0 unspecified atom stereocenters. The van der Waals surface area contributed by atoms with Crippen molar-refractivity contribution in [3.8, 4) is 10.6 Å². The van der Waals surface area contributed by atoms with Crippen LogP contribution in [-0.4, -0.2) is 41.6 Å². The van der Waals surface area contributed by atoms with E-state index in [0.29, 0.717) is 27.9 Å². The van der Waals surface area contributed by atoms with E-state index >= 15 is 0 Å². The molecule has 2 aromatic rings. The minimum absolute atomic E-state index is 0.119. The highest BCUT2D eigenvalue weighted by atomic mass is 32.1. The maximum absolute atomic E-state index is 12.3. The van der Waals surface area contributed by atoms with Crippen molar-refractivity contribution in [2.45, 2.75) is 12.8 Å². The molecule has 0 saturated carbocycles. The molecule has 1 aromatic heterocycles. The number of carbonyl (C=O) groups is 2. The van der Waals surface area contributed by atoms with Gasteiger partial charge in [0.1, 0.15) is 9.88 Å². The zero-order valence-corrected chi connectivity index (χ0v) is 13.9. The molecule has 0 aliphatic carbocycles. The van der Waals surface area contributed by atoms with Crippen molar-refractivity contribution in [1.29, 1.82) is 0 Å². The summed E-state index contributed by atoms with van der Waals surface area (Å²) in [5.41, 5.74) is 0.914. The van der Waals surface area contributed by atoms with Crippen molar-refractivity contribution in [2.24, 2.45) is 5.92 Å². The normalized spacial score (nSPS) is 15.2. The lowest BCUT2D eigenvalue weighted by Crippen LogP contribution is -2.35. The monoisotopic (exact) mass is 345 g/mol. The number of carboxylic acid groups (broad SMARTS) is 1. The Labute approximate surface area is 143 Å². The molecule has 0 spiro atoms. The number of hydrogen-bond acceptors (Lipinski definition) is 5. The third-order valence-electron chi connectivity index (χ3n) is 4.10. The van der Waals surface area contributed by atoms with E-state index in [4.69, 9.17) is 5.11 Å². The lowest BCUT2D eigenvalue weighted by molar-refractivity contribution is 0.0696. The van der Waals surface area contributed by atoms with Crippen LogP contribution < -0.4 is 10.6 Å². The van der Waals surface area contributed by atoms with Crippen LogP contribution in [0.25, 0.3) is 10.6 Å². The second-order valence-corrected chi connectivity index (χ2v) is 6.85. The van der Waals surface area contributed by atoms with Crippen LogP contribution in [0.4, 0.5) is 0 Å². The van der Waals surface area contributed by atoms with Crippen LogP contribution >= 0.6 is 11.3 Å². The van der Waals surface area contributed by atoms with Crippen molar-refractivity contribution in [3.63, 3.8) is 0 Å². The molecule has 1 fully saturated rings. The highest BCUT2D eigenvalue weighted by Gasteiger charge is 2.16. The van der Waals surface area contributed by atoms with Gasteiger partial charge in [0.15, 0.2) is 0 Å². The molecule has 1 aromatic carbocycles. The van der Waals surface area contributed by atoms with Crippen LogP contribution in [0.1, 0.15) is 32.9 Å². The number of rotatable bonds is 5. The standard InChI is InChI=1S/C17H19N3O3S/c21-15(19-9-11-4-6-18-7-5-11)14-10-20-16(24-14)12-2-1-3-13(8-12)17(22)23/h1-3,8,10-11,18H,4-7,9H2,(H,19,21)(H,22,23). The summed E-state index contributed by atoms with van der Waals surface area (Å²) in [6.45, 7) is 2.69. The number of aromatic carboxylic acids is 1. The number of amides is 1. The Bertz CT molecular complexity index is 738. The first-order valence-corrected chi connectivity index (χ1v) is 8.73. The van der Waals surface area contributed by atoms with Crippen molar-refractivity contribution in [1.82, 2.24) is 15.6 Å². The summed E-state index contributed by atoms with van der Waals surface area (Å²) in [6.07, 6.45) is 3.71. The topological polar surface area (TPSA) is 91.3 Å². The number of thiazole rings is 1. The van der Waals surface area contributed by atoms with Crippen molar-refractivity contribution in [2.75, 3.05) is 19.6 Å². The summed E-state index contributed by atoms with van der Waals surface area (Å²) < 4.78 is 0. The lowest BCUT2D eigenvalue weighted by Gasteiger charge is -2.22. The van der Waals surface area contributed by atoms with Gasteiger partial charge in [0.2, 0.25) is 0 Å². The number of hydrogen-bond donors (Lipinski definition) is 3. The van der Waals surface area contributed by atoms with Gasteiger partial charge < -0.3 is 15.7 Å². The van der Waals surface area contributed by atoms with Gasteiger partial charge in [-0.2, -0.15) is 0 Å². The van der Waals surface area contributed by atoms with Crippen LogP contribution in [0.2, 0.25) is 0 Å². The van der Waals surface area contributed by atoms with Crippen LogP contribution in [0.5, 0.6) is 0 Å². The smallest absolute Gasteiger partial charge is 0.335 e. The molecule has 126 valence electrons. The largest absolute Gasteiger partial charge is 0.478 e. The molecule has 1 aliphatic heterocycles. The van der Waals surface area contributed by atoms with Gasteiger partial charge in [-0.3, -0.25) is 4.79 Å². The molecule has 0 atom stereocenters. The SMILES string of the molecule is O=C(O)c1cccc(-c2ncc(C(=O)NCC3CCNCC3)s2)c1. The quantitative estimate of drug-likeness (QED) is 0.773. The Kier molecular flexibility index (Phi) is 5.22. The number of nitrogens with one attached hydrogen (secondary N) is 2. The maximum atomic E-state index is 12.3. The average Bonchev–Trinajstić information content (AvgIpc) is 3.11. The molecule has 1 amide bonds. The van der Waals surface area contributed by atoms with E-state index in [1.807, 2.05) is 0 Å². The number of carboxylic acids is 1. The minimum atomic E-state index is -0.978. The minimum Gasteiger partial charge on any atom is -0.478 e. The van der Waals surface area contributed by atoms with Crippen molar-refractivity contribution in [3.05, 3.63) is 40.9 Å². The van der Waals surface area contributed by atoms with Gasteiger partial charge in [-0.1, -0.05) is 12.1 Å². The molecular weight excluding hydrogens is 326 g/mol. The van der Waals surface area contributed by atoms with Gasteiger partial charge in [-0.15, -0.1) is 11.3 Å². The summed E-state index contributed by atoms with van der Waals surface area (Å²) in [5, 5.41) is 16.0. The fraction of sp³-hybridized carbons (Fsp3) is 0.353. The molecule has 7 heteroatoms. The third-order valence-corrected chi connectivity index (χ3v) is 5.14. The van der Waals surface area contributed by atoms with Gasteiger partial charge in [-0.05, 0) is 44.0 Å². The summed E-state index contributed by atoms with van der Waals surface area (Å²) in [6, 6.07) is 6.57. The van der Waals surface area contributed by atoms with E-state index in [-0.39, 0.29) is 11.5 Å². The highest BCUT2D eigenvalue weighted by Crippen LogP contribution is 2.26. The average molecular weight is 345 g/mol. The van der Waals surface area contributed by atoms with E-state index in [1.165, 1.54) is 17.4 Å². The molecule has 3 rings (SSSR count). The first-order chi connectivity index (χ1) is 11.6. The summed E-state index contributed by atoms with van der Waals surface area (Å²) >= 11 is 1.27. The van der Waals surface area contributed by atoms with Crippen molar-refractivity contribution >= 4 is 23.2 Å². The molecule has 24 heavy (non-hydrogen) atoms. The summed E-state index contributed by atoms with van der Waals surface area (Å²) in [5.74, 6) is -0.574. The predicted molar refractivity (Wildman–Crippen MR) is 92.4 cm³/mol. The molecule has 1 saturated heterocycles. The zero-order chi connectivity index (χ0) is 16.9. The first-order valence-electron chi connectivity index (χ1n) is 7.92. The Morgan fingerprint density at radius 2 is 2.12 bits per heavy atom. The van der Waals surface area contributed by atoms with Gasteiger partial charge >= 0.3 is 5.97 Å². The molecule has 0 bridgehead atoms. The molecule has 2 heterocycles. The first kappa shape index (κ1) is 16.6. The maximum Gasteiger partial charge on any atom is 0.335 e. The van der Waals surface area contributed by atoms with Crippen LogP contribution in [0.15, 0.2) is 30.5 Å². The third kappa shape index (κ3) is 3.98. The number of piperidine rings is 1. The Hall–Kier alpha value is -2.25. The Morgan fingerprint density at radius 1 is 1.33 bits per heavy atom. The second kappa shape index (κ2) is 7.55. The molecule has 3 N–H and O–H groups in total. The fourth-order valence-electron chi connectivity index (χ4n) is 2.71. The number of carbonyl (C=O) groups excluding carboxylic acids is 1. The van der Waals surface area contributed by atoms with E-state index in [1.54, 1.807) is 24.4 Å². The summed E-state index contributed by atoms with van der Waals surface area (Å²) in [7, 11) is 0. The van der Waals surface area contributed by atoms with Crippen molar-refractivity contribution < 1.29 is 14.7 Å². The van der Waals surface area contributed by atoms with Gasteiger partial charge in [0.25, 0.3) is 5.91 Å². The van der Waals surface area contributed by atoms with E-state index in [2.05, 4.69) is 15.6 Å². The van der Waals surface area contributed by atoms with E-state index < -0.39 is 5.97 Å². The number of benzene rings is 1. The lowest BCUT2D eigenvalue weighted by atomic mass is 9.98. The van der Waals surface area contributed by atoms with E-state index in [0.717, 1.165) is 25.9 Å². The van der Waals surface area contributed by atoms with Gasteiger partial charge in [-0.25, -0.2) is 9.78 Å². The molecular formula is C17H19N3O3S. The summed E-state index contributed by atoms with van der Waals surface area (Å²) in [4.78, 5) is 28.1. The van der Waals surface area contributed by atoms with Crippen LogP contribution in [-0.2, 0) is 0 Å². The predicted octanol–water partition coefficient (Wildman–Crippen LogP) is 2.24. The van der Waals surface area contributed by atoms with E-state index in [9.17, 15) is 9.59 Å². The second-order valence-electron chi connectivity index (χ2n) is 5.82. The highest BCUT2D eigenvalue weighted by molar-refractivity contribution is 7.16. The Morgan fingerprint density at radius 3 is 2.88 bits per heavy atom. The number of aromatic nitrogens is 1. The zero-order valence-electron chi connectivity index (χ0n) is 13.1.